The van der Waals surface area contributed by atoms with Crippen LogP contribution in [0.5, 0.6) is 0 Å². The number of piperidine rings is 2. The molecule has 11 heteroatoms. The van der Waals surface area contributed by atoms with Crippen LogP contribution in [0, 0.1) is 0 Å². The predicted octanol–water partition coefficient (Wildman–Crippen LogP) is 3.29. The van der Waals surface area contributed by atoms with Crippen LogP contribution in [0.15, 0.2) is 64.0 Å². The van der Waals surface area contributed by atoms with E-state index in [1.165, 1.54) is 15.8 Å². The summed E-state index contributed by atoms with van der Waals surface area (Å²) in [4.78, 5) is 43.5. The lowest BCUT2D eigenvalue weighted by Crippen LogP contribution is -2.46. The van der Waals surface area contributed by atoms with Crippen molar-refractivity contribution in [3.63, 3.8) is 0 Å². The number of carbonyl (C=O) groups is 2. The van der Waals surface area contributed by atoms with E-state index in [-0.39, 0.29) is 29.3 Å². The second-order valence-corrected chi connectivity index (χ2v) is 13.2. The van der Waals surface area contributed by atoms with Crippen LogP contribution in [0.2, 0.25) is 0 Å². The van der Waals surface area contributed by atoms with Crippen LogP contribution < -0.4 is 21.1 Å². The van der Waals surface area contributed by atoms with Gasteiger partial charge >= 0.3 is 0 Å². The zero-order valence-electron chi connectivity index (χ0n) is 25.3. The van der Waals surface area contributed by atoms with Crippen molar-refractivity contribution in [2.45, 2.75) is 43.7 Å². The fourth-order valence-corrected chi connectivity index (χ4v) is 7.24. The SMILES string of the molecule is CN1C[C@H](Nc2cnn(C)c(=O)c2Br)C[C@H](c2ccc(CN3CCN(c4cccc(C5CCC(=O)NC5=O)c4)CC3)cc2)C1. The minimum absolute atomic E-state index is 0.147. The summed E-state index contributed by atoms with van der Waals surface area (Å²) in [6.07, 6.45) is 3.66. The number of nitrogens with zero attached hydrogens (tertiary/aromatic N) is 5. The average Bonchev–Trinajstić information content (AvgIpc) is 3.02. The highest BCUT2D eigenvalue weighted by Gasteiger charge is 2.29. The van der Waals surface area contributed by atoms with Gasteiger partial charge in [0.05, 0.1) is 17.8 Å². The summed E-state index contributed by atoms with van der Waals surface area (Å²) in [5, 5.41) is 10.2. The summed E-state index contributed by atoms with van der Waals surface area (Å²) in [5.74, 6) is -0.224. The second kappa shape index (κ2) is 13.2. The lowest BCUT2D eigenvalue weighted by atomic mass is 9.87. The lowest BCUT2D eigenvalue weighted by molar-refractivity contribution is -0.134. The van der Waals surface area contributed by atoms with E-state index in [4.69, 9.17) is 0 Å². The number of halogens is 1. The molecule has 0 aliphatic carbocycles. The molecule has 0 bridgehead atoms. The fraction of sp³-hybridized carbons (Fsp3) is 0.455. The molecule has 3 fully saturated rings. The van der Waals surface area contributed by atoms with Crippen molar-refractivity contribution in [3.05, 3.63) is 86.2 Å². The Labute approximate surface area is 266 Å². The zero-order valence-corrected chi connectivity index (χ0v) is 26.9. The minimum atomic E-state index is -0.257. The number of aryl methyl sites for hydroxylation is 1. The molecule has 232 valence electrons. The third-order valence-corrected chi connectivity index (χ3v) is 9.94. The third-order valence-electron chi connectivity index (χ3n) is 9.18. The van der Waals surface area contributed by atoms with Crippen LogP contribution in [0.1, 0.15) is 47.8 Å². The average molecular weight is 663 g/mol. The lowest BCUT2D eigenvalue weighted by Gasteiger charge is -2.37. The molecule has 3 saturated heterocycles. The van der Waals surface area contributed by atoms with Gasteiger partial charge in [-0.05, 0) is 70.6 Å². The molecule has 10 nitrogen and oxygen atoms in total. The van der Waals surface area contributed by atoms with Gasteiger partial charge in [0, 0.05) is 71.0 Å². The van der Waals surface area contributed by atoms with E-state index in [9.17, 15) is 14.4 Å². The van der Waals surface area contributed by atoms with Crippen molar-refractivity contribution in [2.75, 3.05) is 56.5 Å². The summed E-state index contributed by atoms with van der Waals surface area (Å²) in [5.41, 5.74) is 5.37. The largest absolute Gasteiger partial charge is 0.379 e. The second-order valence-electron chi connectivity index (χ2n) is 12.4. The van der Waals surface area contributed by atoms with Gasteiger partial charge in [-0.2, -0.15) is 5.10 Å². The van der Waals surface area contributed by atoms with Crippen LogP contribution in [-0.4, -0.2) is 83.8 Å². The molecule has 0 saturated carbocycles. The number of nitrogens with one attached hydrogen (secondary N) is 2. The number of hydrogen-bond acceptors (Lipinski definition) is 8. The van der Waals surface area contributed by atoms with Crippen molar-refractivity contribution < 1.29 is 9.59 Å². The molecule has 2 amide bonds. The summed E-state index contributed by atoms with van der Waals surface area (Å²) >= 11 is 3.44. The molecule has 44 heavy (non-hydrogen) atoms. The highest BCUT2D eigenvalue weighted by molar-refractivity contribution is 9.10. The first-order valence-electron chi connectivity index (χ1n) is 15.4. The molecule has 3 aromatic rings. The predicted molar refractivity (Wildman–Crippen MR) is 175 cm³/mol. The molecule has 0 radical (unpaired) electrons. The van der Waals surface area contributed by atoms with Gasteiger partial charge < -0.3 is 15.1 Å². The Morgan fingerprint density at radius 3 is 2.50 bits per heavy atom. The number of rotatable bonds is 7. The van der Waals surface area contributed by atoms with Crippen molar-refractivity contribution >= 4 is 39.1 Å². The Balaban J connectivity index is 1.02. The molecule has 4 heterocycles. The molecule has 1 aromatic heterocycles. The topological polar surface area (TPSA) is 103 Å². The van der Waals surface area contributed by atoms with Crippen molar-refractivity contribution in [1.29, 1.82) is 0 Å². The molecule has 2 N–H and O–H groups in total. The van der Waals surface area contributed by atoms with Crippen LogP contribution in [-0.2, 0) is 23.2 Å². The number of carbonyl (C=O) groups excluding carboxylic acids is 2. The van der Waals surface area contributed by atoms with Gasteiger partial charge in [0.2, 0.25) is 11.8 Å². The molecule has 3 aliphatic heterocycles. The number of benzene rings is 2. The smallest absolute Gasteiger partial charge is 0.282 e. The van der Waals surface area contributed by atoms with E-state index in [1.54, 1.807) is 13.2 Å². The maximum atomic E-state index is 12.4. The van der Waals surface area contributed by atoms with Crippen molar-refractivity contribution in [3.8, 4) is 0 Å². The first-order valence-corrected chi connectivity index (χ1v) is 16.2. The number of aromatic nitrogens is 2. The van der Waals surface area contributed by atoms with Gasteiger partial charge in [-0.3, -0.25) is 24.6 Å². The Hall–Kier alpha value is -3.54. The summed E-state index contributed by atoms with van der Waals surface area (Å²) in [6, 6.07) is 17.6. The Morgan fingerprint density at radius 1 is 0.977 bits per heavy atom. The molecule has 2 aromatic carbocycles. The molecule has 0 spiro atoms. The summed E-state index contributed by atoms with van der Waals surface area (Å²) in [7, 11) is 3.80. The number of likely N-dealkylation sites (N-methyl/N-ethyl adjacent to an activating group) is 1. The fourth-order valence-electron chi connectivity index (χ4n) is 6.76. The number of amides is 2. The van der Waals surface area contributed by atoms with Gasteiger partial charge in [0.15, 0.2) is 0 Å². The summed E-state index contributed by atoms with van der Waals surface area (Å²) < 4.78 is 1.85. The maximum absolute atomic E-state index is 12.4. The number of anilines is 2. The van der Waals surface area contributed by atoms with Crippen molar-refractivity contribution in [2.24, 2.45) is 7.05 Å². The minimum Gasteiger partial charge on any atom is -0.379 e. The Bertz CT molecular complexity index is 1570. The van der Waals surface area contributed by atoms with Crippen molar-refractivity contribution in [1.82, 2.24) is 24.9 Å². The van der Waals surface area contributed by atoms with E-state index in [2.05, 4.69) is 89.8 Å². The number of hydrogen-bond donors (Lipinski definition) is 2. The summed E-state index contributed by atoms with van der Waals surface area (Å²) in [6.45, 7) is 6.63. The zero-order chi connectivity index (χ0) is 30.8. The number of imide groups is 1. The van der Waals surface area contributed by atoms with E-state index in [0.717, 1.165) is 69.2 Å². The normalized spacial score (nSPS) is 23.4. The van der Waals surface area contributed by atoms with Crippen LogP contribution in [0.4, 0.5) is 11.4 Å². The molecule has 6 rings (SSSR count). The van der Waals surface area contributed by atoms with Gasteiger partial charge in [-0.15, -0.1) is 0 Å². The number of likely N-dealkylation sites (tertiary alicyclic amines) is 1. The van der Waals surface area contributed by atoms with E-state index in [1.807, 2.05) is 12.1 Å². The molecule has 3 aliphatic rings. The Kier molecular flexibility index (Phi) is 9.16. The van der Waals surface area contributed by atoms with Crippen LogP contribution in [0.25, 0.3) is 0 Å². The van der Waals surface area contributed by atoms with Gasteiger partial charge in [0.1, 0.15) is 4.47 Å². The van der Waals surface area contributed by atoms with Crippen LogP contribution >= 0.6 is 15.9 Å². The quantitative estimate of drug-likeness (QED) is 0.372. The number of piperazine rings is 1. The standard InChI is InChI=1S/C33H40BrN7O3/c1-38-20-25(16-26(21-38)36-29-18-35-39(2)33(44)31(29)34)23-8-6-22(7-9-23)19-40-12-14-41(15-13-40)27-5-3-4-24(17-27)28-10-11-30(42)37-32(28)43/h3-9,17-18,25-26,28,36H,10-16,19-21H2,1-2H3,(H,37,42,43)/t25-,26+,28?/m0/s1. The monoisotopic (exact) mass is 661 g/mol. The van der Waals surface area contributed by atoms with E-state index >= 15 is 0 Å². The molecule has 1 unspecified atom stereocenters. The molecular weight excluding hydrogens is 622 g/mol. The first-order chi connectivity index (χ1) is 21.2. The maximum Gasteiger partial charge on any atom is 0.282 e. The van der Waals surface area contributed by atoms with E-state index in [0.29, 0.717) is 23.2 Å². The van der Waals surface area contributed by atoms with Gasteiger partial charge in [0.25, 0.3) is 5.56 Å². The van der Waals surface area contributed by atoms with Gasteiger partial charge in [-0.25, -0.2) is 4.68 Å². The first kappa shape index (κ1) is 30.5. The third kappa shape index (κ3) is 6.90. The van der Waals surface area contributed by atoms with Crippen LogP contribution in [0.3, 0.4) is 0 Å². The van der Waals surface area contributed by atoms with Gasteiger partial charge in [-0.1, -0.05) is 36.4 Å². The molecular formula is C33H40BrN7O3. The van der Waals surface area contributed by atoms with E-state index < -0.39 is 0 Å². The molecule has 3 atom stereocenters. The highest BCUT2D eigenvalue weighted by atomic mass is 79.9. The highest BCUT2D eigenvalue weighted by Crippen LogP contribution is 2.31. The Morgan fingerprint density at radius 2 is 1.75 bits per heavy atom.